The molecular formula is C12H14F3N5O. The monoisotopic (exact) mass is 301 g/mol. The first kappa shape index (κ1) is 13.9. The molecule has 114 valence electrons. The predicted molar refractivity (Wildman–Crippen MR) is 66.9 cm³/mol. The van der Waals surface area contributed by atoms with Crippen LogP contribution in [0, 0.1) is 0 Å². The van der Waals surface area contributed by atoms with Gasteiger partial charge in [0.1, 0.15) is 5.82 Å². The van der Waals surface area contributed by atoms with Gasteiger partial charge in [0, 0.05) is 26.8 Å². The lowest BCUT2D eigenvalue weighted by molar-refractivity contribution is -0.141. The van der Waals surface area contributed by atoms with Gasteiger partial charge in [0.15, 0.2) is 5.69 Å². The van der Waals surface area contributed by atoms with Gasteiger partial charge in [-0.2, -0.15) is 18.2 Å². The number of halogens is 3. The Balaban J connectivity index is 1.97. The summed E-state index contributed by atoms with van der Waals surface area (Å²) in [5.41, 5.74) is -0.878. The highest BCUT2D eigenvalue weighted by Crippen LogP contribution is 2.36. The fourth-order valence-corrected chi connectivity index (χ4v) is 2.40. The van der Waals surface area contributed by atoms with Crippen molar-refractivity contribution >= 4 is 5.95 Å². The lowest BCUT2D eigenvalue weighted by atomic mass is 9.99. The molecule has 21 heavy (non-hydrogen) atoms. The van der Waals surface area contributed by atoms with Crippen molar-refractivity contribution in [3.05, 3.63) is 23.6 Å². The maximum Gasteiger partial charge on any atom is 0.434 e. The van der Waals surface area contributed by atoms with Crippen LogP contribution in [0.2, 0.25) is 0 Å². The van der Waals surface area contributed by atoms with E-state index in [1.54, 1.807) is 19.0 Å². The Morgan fingerprint density at radius 1 is 1.33 bits per heavy atom. The zero-order valence-electron chi connectivity index (χ0n) is 11.6. The molecule has 0 radical (unpaired) electrons. The van der Waals surface area contributed by atoms with Crippen molar-refractivity contribution in [2.75, 3.05) is 19.0 Å². The van der Waals surface area contributed by atoms with E-state index in [0.717, 1.165) is 12.6 Å². The molecule has 1 aliphatic heterocycles. The number of aromatic nitrogens is 4. The maximum atomic E-state index is 12.8. The average Bonchev–Trinajstić information content (AvgIpc) is 3.04. The highest BCUT2D eigenvalue weighted by Gasteiger charge is 2.38. The molecule has 0 saturated carbocycles. The van der Waals surface area contributed by atoms with E-state index in [1.807, 2.05) is 0 Å². The third-order valence-electron chi connectivity index (χ3n) is 3.43. The quantitative estimate of drug-likeness (QED) is 0.851. The lowest BCUT2D eigenvalue weighted by Crippen LogP contribution is -2.17. The normalized spacial score (nSPS) is 18.6. The number of fused-ring (bicyclic) bond motifs is 1. The van der Waals surface area contributed by atoms with Crippen LogP contribution in [0.15, 0.2) is 10.7 Å². The molecule has 0 fully saturated rings. The molecule has 0 bridgehead atoms. The second-order valence-corrected chi connectivity index (χ2v) is 5.20. The van der Waals surface area contributed by atoms with Crippen LogP contribution in [-0.4, -0.2) is 33.8 Å². The van der Waals surface area contributed by atoms with Crippen LogP contribution >= 0.6 is 0 Å². The zero-order chi connectivity index (χ0) is 15.2. The smallest absolute Gasteiger partial charge is 0.344 e. The molecule has 1 atom stereocenters. The highest BCUT2D eigenvalue weighted by molar-refractivity contribution is 5.26. The molecular weight excluding hydrogens is 287 g/mol. The molecule has 0 saturated heterocycles. The fraction of sp³-hybridized carbons (Fsp3) is 0.583. The van der Waals surface area contributed by atoms with Crippen molar-refractivity contribution in [3.8, 4) is 0 Å². The van der Waals surface area contributed by atoms with E-state index < -0.39 is 17.8 Å². The second kappa shape index (κ2) is 4.74. The van der Waals surface area contributed by atoms with Gasteiger partial charge in [-0.05, 0) is 18.0 Å². The number of aryl methyl sites for hydroxylation is 1. The van der Waals surface area contributed by atoms with E-state index in [-0.39, 0.29) is 0 Å². The summed E-state index contributed by atoms with van der Waals surface area (Å²) in [6, 6.07) is 0. The summed E-state index contributed by atoms with van der Waals surface area (Å²) in [5.74, 6) is 0.641. The van der Waals surface area contributed by atoms with Crippen LogP contribution < -0.4 is 4.90 Å². The topological polar surface area (TPSA) is 60.0 Å². The van der Waals surface area contributed by atoms with Crippen LogP contribution in [0.4, 0.5) is 19.1 Å². The molecule has 1 aliphatic rings. The number of alkyl halides is 3. The molecule has 0 spiro atoms. The fourth-order valence-electron chi connectivity index (χ4n) is 2.40. The largest absolute Gasteiger partial charge is 0.434 e. The molecule has 9 heteroatoms. The van der Waals surface area contributed by atoms with E-state index >= 15 is 0 Å². The summed E-state index contributed by atoms with van der Waals surface area (Å²) in [6.45, 7) is 0.517. The molecule has 1 unspecified atom stereocenters. The Morgan fingerprint density at radius 2 is 2.10 bits per heavy atom. The molecule has 0 aromatic carbocycles. The molecule has 2 aromatic heterocycles. The number of imidazole rings is 1. The first-order valence-corrected chi connectivity index (χ1v) is 6.51. The van der Waals surface area contributed by atoms with Gasteiger partial charge in [-0.15, -0.1) is 0 Å². The minimum atomic E-state index is -4.45. The number of rotatable bonds is 2. The average molecular weight is 301 g/mol. The maximum absolute atomic E-state index is 12.8. The molecule has 3 heterocycles. The molecule has 0 N–H and O–H groups in total. The second-order valence-electron chi connectivity index (χ2n) is 5.20. The summed E-state index contributed by atoms with van der Waals surface area (Å²) in [6.07, 6.45) is -2.02. The van der Waals surface area contributed by atoms with Gasteiger partial charge >= 0.3 is 6.18 Å². The summed E-state index contributed by atoms with van der Waals surface area (Å²) in [7, 11) is 3.52. The standard InChI is InChI=1S/C12H14F3N5O/c1-19(2)11-17-10(21-18-11)7-4-3-5-20-6-8(12(13,14)15)16-9(7)20/h6-7H,3-5H2,1-2H3. The van der Waals surface area contributed by atoms with Gasteiger partial charge in [0.25, 0.3) is 5.95 Å². The van der Waals surface area contributed by atoms with Crippen molar-refractivity contribution in [1.82, 2.24) is 19.7 Å². The van der Waals surface area contributed by atoms with Crippen molar-refractivity contribution < 1.29 is 17.7 Å². The number of hydrogen-bond donors (Lipinski definition) is 0. The van der Waals surface area contributed by atoms with E-state index in [1.165, 1.54) is 4.57 Å². The zero-order valence-corrected chi connectivity index (χ0v) is 11.6. The van der Waals surface area contributed by atoms with Crippen LogP contribution in [0.25, 0.3) is 0 Å². The Kier molecular flexibility index (Phi) is 3.14. The lowest BCUT2D eigenvalue weighted by Gasteiger charge is -2.20. The Hall–Kier alpha value is -2.06. The van der Waals surface area contributed by atoms with Crippen LogP contribution in [0.1, 0.15) is 36.2 Å². The van der Waals surface area contributed by atoms with E-state index in [4.69, 9.17) is 4.52 Å². The van der Waals surface area contributed by atoms with Gasteiger partial charge in [-0.25, -0.2) is 4.98 Å². The minimum Gasteiger partial charge on any atom is -0.344 e. The molecule has 2 aromatic rings. The van der Waals surface area contributed by atoms with Gasteiger partial charge < -0.3 is 14.0 Å². The third-order valence-corrected chi connectivity index (χ3v) is 3.43. The first-order chi connectivity index (χ1) is 9.86. The predicted octanol–water partition coefficient (Wildman–Crippen LogP) is 2.28. The number of hydrogen-bond acceptors (Lipinski definition) is 5. The van der Waals surface area contributed by atoms with Crippen LogP contribution in [-0.2, 0) is 12.7 Å². The summed E-state index contributed by atoms with van der Waals surface area (Å²) in [5, 5.41) is 3.80. The van der Waals surface area contributed by atoms with Crippen molar-refractivity contribution in [2.24, 2.45) is 0 Å². The van der Waals surface area contributed by atoms with Crippen LogP contribution in [0.5, 0.6) is 0 Å². The number of nitrogens with zero attached hydrogens (tertiary/aromatic N) is 5. The van der Waals surface area contributed by atoms with Gasteiger partial charge in [0.05, 0.1) is 5.92 Å². The molecule has 6 nitrogen and oxygen atoms in total. The summed E-state index contributed by atoms with van der Waals surface area (Å²) < 4.78 is 45.0. The highest BCUT2D eigenvalue weighted by atomic mass is 19.4. The third kappa shape index (κ3) is 2.47. The van der Waals surface area contributed by atoms with Crippen molar-refractivity contribution in [3.63, 3.8) is 0 Å². The van der Waals surface area contributed by atoms with Crippen LogP contribution in [0.3, 0.4) is 0 Å². The molecule has 0 amide bonds. The van der Waals surface area contributed by atoms with E-state index in [2.05, 4.69) is 15.1 Å². The number of anilines is 1. The Bertz CT molecular complexity index is 646. The van der Waals surface area contributed by atoms with E-state index in [9.17, 15) is 13.2 Å². The van der Waals surface area contributed by atoms with Gasteiger partial charge in [0.2, 0.25) is 5.89 Å². The van der Waals surface area contributed by atoms with Gasteiger partial charge in [-0.1, -0.05) is 0 Å². The van der Waals surface area contributed by atoms with Gasteiger partial charge in [-0.3, -0.25) is 0 Å². The summed E-state index contributed by atoms with van der Waals surface area (Å²) >= 11 is 0. The van der Waals surface area contributed by atoms with Crippen molar-refractivity contribution in [2.45, 2.75) is 31.5 Å². The summed E-state index contributed by atoms with van der Waals surface area (Å²) in [4.78, 5) is 9.62. The Morgan fingerprint density at radius 3 is 2.71 bits per heavy atom. The molecule has 0 aliphatic carbocycles. The minimum absolute atomic E-state index is 0.305. The van der Waals surface area contributed by atoms with Crippen molar-refractivity contribution in [1.29, 1.82) is 0 Å². The molecule has 3 rings (SSSR count). The first-order valence-electron chi connectivity index (χ1n) is 6.51. The van der Waals surface area contributed by atoms with E-state index in [0.29, 0.717) is 30.6 Å². The Labute approximate surface area is 118 Å². The SMILES string of the molecule is CN(C)c1noc(C2CCCn3cc(C(F)(F)F)nc32)n1.